The largest absolute Gasteiger partial charge is 0.507 e. The number of halogens is 1. The molecule has 0 spiro atoms. The van der Waals surface area contributed by atoms with Gasteiger partial charge in [-0.05, 0) is 25.1 Å². The number of carbonyl (C=O) groups is 1. The lowest BCUT2D eigenvalue weighted by atomic mass is 10.1. The summed E-state index contributed by atoms with van der Waals surface area (Å²) in [7, 11) is 0. The minimum atomic E-state index is -0.650. The highest BCUT2D eigenvalue weighted by Gasteiger charge is 2.12. The first-order valence-corrected chi connectivity index (χ1v) is 6.83. The van der Waals surface area contributed by atoms with E-state index in [1.165, 1.54) is 30.5 Å². The zero-order valence-corrected chi connectivity index (χ0v) is 12.7. The summed E-state index contributed by atoms with van der Waals surface area (Å²) in [5.74, 6) is -0.879. The van der Waals surface area contributed by atoms with Gasteiger partial charge in [-0.15, -0.1) is 0 Å². The van der Waals surface area contributed by atoms with Crippen LogP contribution in [0.15, 0.2) is 41.5 Å². The van der Waals surface area contributed by atoms with Gasteiger partial charge >= 0.3 is 0 Å². The van der Waals surface area contributed by atoms with Gasteiger partial charge in [-0.3, -0.25) is 14.9 Å². The molecule has 0 heterocycles. The molecule has 1 amide bonds. The van der Waals surface area contributed by atoms with Gasteiger partial charge in [0.1, 0.15) is 5.75 Å². The molecule has 2 N–H and O–H groups in total. The molecule has 0 aromatic heterocycles. The number of aryl methyl sites for hydroxylation is 1. The van der Waals surface area contributed by atoms with E-state index in [1.54, 1.807) is 19.1 Å². The smallest absolute Gasteiger partial charge is 0.275 e. The predicted octanol–water partition coefficient (Wildman–Crippen LogP) is 3.03. The van der Waals surface area contributed by atoms with Crippen LogP contribution < -0.4 is 5.43 Å². The second-order valence-corrected chi connectivity index (χ2v) is 5.10. The Morgan fingerprint density at radius 2 is 2.09 bits per heavy atom. The molecule has 2 aromatic rings. The topological polar surface area (TPSA) is 105 Å². The third kappa shape index (κ3) is 4.04. The molecule has 0 saturated carbocycles. The van der Waals surface area contributed by atoms with Crippen molar-refractivity contribution in [3.63, 3.8) is 0 Å². The van der Waals surface area contributed by atoms with Gasteiger partial charge in [-0.25, -0.2) is 5.43 Å². The number of rotatable bonds is 4. The van der Waals surface area contributed by atoms with Crippen LogP contribution in [0.25, 0.3) is 0 Å². The maximum atomic E-state index is 11.9. The molecule has 0 bridgehead atoms. The molecule has 0 aliphatic rings. The maximum Gasteiger partial charge on any atom is 0.275 e. The first-order chi connectivity index (χ1) is 10.9. The second-order valence-electron chi connectivity index (χ2n) is 4.66. The van der Waals surface area contributed by atoms with E-state index in [4.69, 9.17) is 11.6 Å². The highest BCUT2D eigenvalue weighted by Crippen LogP contribution is 2.21. The van der Waals surface area contributed by atoms with Crippen molar-refractivity contribution < 1.29 is 14.8 Å². The number of phenolic OH excluding ortho intramolecular Hbond substituents is 1. The molecule has 0 atom stereocenters. The van der Waals surface area contributed by atoms with E-state index in [0.717, 1.165) is 0 Å². The fourth-order valence-corrected chi connectivity index (χ4v) is 1.99. The summed E-state index contributed by atoms with van der Waals surface area (Å²) in [6, 6.07) is 8.62. The lowest BCUT2D eigenvalue weighted by Crippen LogP contribution is -2.17. The average molecular weight is 334 g/mol. The van der Waals surface area contributed by atoms with Crippen LogP contribution in [0.1, 0.15) is 21.5 Å². The van der Waals surface area contributed by atoms with Crippen molar-refractivity contribution in [2.45, 2.75) is 6.92 Å². The average Bonchev–Trinajstić information content (AvgIpc) is 2.51. The Bertz CT molecular complexity index is 805. The van der Waals surface area contributed by atoms with Crippen molar-refractivity contribution in [2.24, 2.45) is 5.10 Å². The van der Waals surface area contributed by atoms with E-state index in [2.05, 4.69) is 10.5 Å². The van der Waals surface area contributed by atoms with Gasteiger partial charge in [0.25, 0.3) is 11.6 Å². The minimum Gasteiger partial charge on any atom is -0.507 e. The fourth-order valence-electron chi connectivity index (χ4n) is 1.82. The van der Waals surface area contributed by atoms with Crippen LogP contribution in [0.4, 0.5) is 5.69 Å². The van der Waals surface area contributed by atoms with Crippen molar-refractivity contribution in [3.8, 4) is 5.75 Å². The third-order valence-electron chi connectivity index (χ3n) is 3.01. The second kappa shape index (κ2) is 6.89. The van der Waals surface area contributed by atoms with Crippen molar-refractivity contribution in [3.05, 3.63) is 68.2 Å². The number of carbonyl (C=O) groups excluding carboxylic acids is 1. The number of hydrogen-bond donors (Lipinski definition) is 2. The molecule has 2 aromatic carbocycles. The zero-order valence-electron chi connectivity index (χ0n) is 12.0. The van der Waals surface area contributed by atoms with Crippen LogP contribution in [0.2, 0.25) is 5.02 Å². The molecule has 0 unspecified atom stereocenters. The number of nitro benzene ring substituents is 1. The molecule has 0 saturated heterocycles. The van der Waals surface area contributed by atoms with Crippen molar-refractivity contribution in [1.82, 2.24) is 5.43 Å². The third-order valence-corrected chi connectivity index (χ3v) is 3.25. The monoisotopic (exact) mass is 333 g/mol. The number of phenols is 1. The van der Waals surface area contributed by atoms with Crippen molar-refractivity contribution in [2.75, 3.05) is 0 Å². The van der Waals surface area contributed by atoms with Gasteiger partial charge in [-0.1, -0.05) is 23.7 Å². The molecule has 8 heteroatoms. The Labute approximate surface area is 136 Å². The molecule has 0 radical (unpaired) electrons. The number of aromatic hydroxyl groups is 1. The molecule has 2 rings (SSSR count). The summed E-state index contributed by atoms with van der Waals surface area (Å²) in [6.07, 6.45) is 1.27. The molecule has 0 fully saturated rings. The van der Waals surface area contributed by atoms with E-state index >= 15 is 0 Å². The number of nitrogens with one attached hydrogen (secondary N) is 1. The summed E-state index contributed by atoms with van der Waals surface area (Å²) in [5, 5.41) is 24.5. The molecule has 23 heavy (non-hydrogen) atoms. The van der Waals surface area contributed by atoms with E-state index in [-0.39, 0.29) is 17.0 Å². The Hall–Kier alpha value is -2.93. The highest BCUT2D eigenvalue weighted by atomic mass is 35.5. The van der Waals surface area contributed by atoms with Gasteiger partial charge in [0.2, 0.25) is 0 Å². The van der Waals surface area contributed by atoms with Gasteiger partial charge in [0.05, 0.1) is 16.7 Å². The highest BCUT2D eigenvalue weighted by molar-refractivity contribution is 6.31. The Kier molecular flexibility index (Phi) is 4.92. The summed E-state index contributed by atoms with van der Waals surface area (Å²) < 4.78 is 0. The molecule has 118 valence electrons. The van der Waals surface area contributed by atoms with Crippen molar-refractivity contribution in [1.29, 1.82) is 0 Å². The SMILES string of the molecule is Cc1ccc(/C=N\NC(=O)c2cc(Cl)ccc2O)cc1[N+](=O)[O-]. The van der Waals surface area contributed by atoms with E-state index < -0.39 is 10.8 Å². The predicted molar refractivity (Wildman–Crippen MR) is 86.0 cm³/mol. The van der Waals surface area contributed by atoms with Gasteiger partial charge < -0.3 is 5.11 Å². The number of hydrazone groups is 1. The van der Waals surface area contributed by atoms with E-state index in [1.807, 2.05) is 0 Å². The van der Waals surface area contributed by atoms with E-state index in [0.29, 0.717) is 16.1 Å². The summed E-state index contributed by atoms with van der Waals surface area (Å²) in [6.45, 7) is 1.63. The standard InChI is InChI=1S/C15H12ClN3O4/c1-9-2-3-10(6-13(9)19(22)23)8-17-18-15(21)12-7-11(16)4-5-14(12)20/h2-8,20H,1H3,(H,18,21)/b17-8-. The Balaban J connectivity index is 2.13. The first-order valence-electron chi connectivity index (χ1n) is 6.45. The van der Waals surface area contributed by atoms with Gasteiger partial charge in [-0.2, -0.15) is 5.10 Å². The van der Waals surface area contributed by atoms with E-state index in [9.17, 15) is 20.0 Å². The maximum absolute atomic E-state index is 11.9. The van der Waals surface area contributed by atoms with Gasteiger partial charge in [0, 0.05) is 22.2 Å². The normalized spacial score (nSPS) is 10.7. The number of hydrogen-bond acceptors (Lipinski definition) is 5. The summed E-state index contributed by atoms with van der Waals surface area (Å²) in [4.78, 5) is 22.3. The molecular formula is C15H12ClN3O4. The van der Waals surface area contributed by atoms with Crippen LogP contribution in [-0.4, -0.2) is 22.2 Å². The lowest BCUT2D eigenvalue weighted by molar-refractivity contribution is -0.385. The first kappa shape index (κ1) is 16.4. The van der Waals surface area contributed by atoms with Crippen LogP contribution in [0, 0.1) is 17.0 Å². The molecule has 0 aliphatic carbocycles. The van der Waals surface area contributed by atoms with Crippen molar-refractivity contribution >= 4 is 29.4 Å². The quantitative estimate of drug-likeness (QED) is 0.509. The number of amides is 1. The number of nitrogens with zero attached hydrogens (tertiary/aromatic N) is 2. The zero-order chi connectivity index (χ0) is 17.0. The van der Waals surface area contributed by atoms with Crippen LogP contribution in [0.3, 0.4) is 0 Å². The van der Waals surface area contributed by atoms with Gasteiger partial charge in [0.15, 0.2) is 0 Å². The molecular weight excluding hydrogens is 322 g/mol. The molecule has 7 nitrogen and oxygen atoms in total. The molecule has 0 aliphatic heterocycles. The Morgan fingerprint density at radius 3 is 2.78 bits per heavy atom. The van der Waals surface area contributed by atoms with Crippen LogP contribution >= 0.6 is 11.6 Å². The fraction of sp³-hybridized carbons (Fsp3) is 0.0667. The summed E-state index contributed by atoms with van der Waals surface area (Å²) in [5.41, 5.74) is 3.15. The Morgan fingerprint density at radius 1 is 1.35 bits per heavy atom. The number of nitro groups is 1. The lowest BCUT2D eigenvalue weighted by Gasteiger charge is -2.03. The van der Waals surface area contributed by atoms with Crippen LogP contribution in [-0.2, 0) is 0 Å². The number of benzene rings is 2. The van der Waals surface area contributed by atoms with Crippen LogP contribution in [0.5, 0.6) is 5.75 Å². The minimum absolute atomic E-state index is 0.0236. The summed E-state index contributed by atoms with van der Waals surface area (Å²) >= 11 is 5.76.